The lowest BCUT2D eigenvalue weighted by Gasteiger charge is -2.58. The van der Waals surface area contributed by atoms with Crippen molar-refractivity contribution in [1.82, 2.24) is 14.7 Å². The number of hydrogen-bond donors (Lipinski definition) is 1. The predicted molar refractivity (Wildman–Crippen MR) is 98.0 cm³/mol. The smallest absolute Gasteiger partial charge is 0.335 e. The Labute approximate surface area is 168 Å². The van der Waals surface area contributed by atoms with Crippen molar-refractivity contribution < 1.29 is 29.0 Å². The van der Waals surface area contributed by atoms with E-state index in [1.54, 1.807) is 4.90 Å². The number of β-amino-alcohol motifs (C(OH)–C–C–N with tert-alkyl or cyclic N) is 1. The molecule has 0 aromatic carbocycles. The van der Waals surface area contributed by atoms with E-state index in [0.717, 1.165) is 24.2 Å². The Morgan fingerprint density at radius 3 is 2.17 bits per heavy atom. The Balaban J connectivity index is 1.38. The quantitative estimate of drug-likeness (QED) is 0.407. The van der Waals surface area contributed by atoms with Crippen molar-refractivity contribution in [3.05, 3.63) is 0 Å². The van der Waals surface area contributed by atoms with E-state index in [-0.39, 0.29) is 19.6 Å². The van der Waals surface area contributed by atoms with E-state index in [0.29, 0.717) is 17.8 Å². The third-order valence-electron chi connectivity index (χ3n) is 7.71. The highest BCUT2D eigenvalue weighted by atomic mass is 16.5. The summed E-state index contributed by atoms with van der Waals surface area (Å²) in [5.74, 6) is -0.512. The number of rotatable bonds is 4. The van der Waals surface area contributed by atoms with Gasteiger partial charge in [-0.2, -0.15) is 0 Å². The van der Waals surface area contributed by atoms with E-state index in [4.69, 9.17) is 4.74 Å². The molecule has 2 saturated heterocycles. The van der Waals surface area contributed by atoms with Gasteiger partial charge in [0.2, 0.25) is 0 Å². The molecule has 6 fully saturated rings. The van der Waals surface area contributed by atoms with Crippen molar-refractivity contribution in [2.75, 3.05) is 20.3 Å². The third-order valence-corrected chi connectivity index (χ3v) is 7.71. The van der Waals surface area contributed by atoms with Gasteiger partial charge in [0.1, 0.15) is 6.04 Å². The molecule has 0 aromatic rings. The van der Waals surface area contributed by atoms with E-state index in [2.05, 4.69) is 0 Å². The topological polar surface area (TPSA) is 107 Å². The van der Waals surface area contributed by atoms with Crippen LogP contribution in [0.2, 0.25) is 0 Å². The number of esters is 1. The summed E-state index contributed by atoms with van der Waals surface area (Å²) in [5, 5.41) is 9.96. The van der Waals surface area contributed by atoms with Crippen LogP contribution in [0.5, 0.6) is 0 Å². The molecule has 0 spiro atoms. The van der Waals surface area contributed by atoms with Crippen LogP contribution in [-0.4, -0.2) is 81.6 Å². The average molecular weight is 405 g/mol. The number of nitrogens with zero attached hydrogens (tertiary/aromatic N) is 3. The van der Waals surface area contributed by atoms with Crippen molar-refractivity contribution in [3.63, 3.8) is 0 Å². The van der Waals surface area contributed by atoms with Crippen molar-refractivity contribution >= 4 is 23.8 Å². The highest BCUT2D eigenvalue weighted by Gasteiger charge is 2.61. The number of imide groups is 2. The molecule has 9 heteroatoms. The van der Waals surface area contributed by atoms with Crippen LogP contribution in [0, 0.1) is 17.8 Å². The number of aliphatic hydroxyl groups excluding tert-OH is 1. The summed E-state index contributed by atoms with van der Waals surface area (Å²) in [7, 11) is 1.26. The number of carbonyl (C=O) groups is 4. The highest BCUT2D eigenvalue weighted by molar-refractivity contribution is 6.44. The maximum atomic E-state index is 13.3. The summed E-state index contributed by atoms with van der Waals surface area (Å²) in [6.45, 7) is -0.0501. The number of likely N-dealkylation sites (tertiary alicyclic amines) is 1. The van der Waals surface area contributed by atoms with Gasteiger partial charge in [-0.1, -0.05) is 0 Å². The van der Waals surface area contributed by atoms with E-state index in [1.165, 1.54) is 31.3 Å². The maximum absolute atomic E-state index is 13.3. The first kappa shape index (κ1) is 19.0. The lowest BCUT2D eigenvalue weighted by molar-refractivity contribution is -0.151. The van der Waals surface area contributed by atoms with E-state index in [1.807, 2.05) is 0 Å². The Kier molecular flexibility index (Phi) is 4.26. The number of amides is 4. The van der Waals surface area contributed by atoms with Gasteiger partial charge in [0.15, 0.2) is 0 Å². The molecule has 158 valence electrons. The molecule has 9 nitrogen and oxygen atoms in total. The van der Waals surface area contributed by atoms with Crippen molar-refractivity contribution in [3.8, 4) is 0 Å². The summed E-state index contributed by atoms with van der Waals surface area (Å²) in [6, 6.07) is -1.31. The van der Waals surface area contributed by atoms with Crippen LogP contribution in [-0.2, 0) is 19.1 Å². The van der Waals surface area contributed by atoms with Crippen molar-refractivity contribution in [1.29, 1.82) is 0 Å². The van der Waals surface area contributed by atoms with Gasteiger partial charge in [-0.15, -0.1) is 0 Å². The van der Waals surface area contributed by atoms with Gasteiger partial charge in [-0.05, 0) is 56.3 Å². The molecule has 2 aliphatic heterocycles. The maximum Gasteiger partial charge on any atom is 0.335 e. The fraction of sp³-hybridized carbons (Fsp3) is 0.800. The van der Waals surface area contributed by atoms with Crippen LogP contribution in [0.15, 0.2) is 0 Å². The molecule has 4 amide bonds. The zero-order chi connectivity index (χ0) is 20.5. The molecule has 0 radical (unpaired) electrons. The zero-order valence-corrected chi connectivity index (χ0v) is 16.6. The second kappa shape index (κ2) is 6.50. The Bertz CT molecular complexity index is 747. The first-order valence-corrected chi connectivity index (χ1v) is 10.5. The molecule has 29 heavy (non-hydrogen) atoms. The number of aliphatic hydroxyl groups is 1. The van der Waals surface area contributed by atoms with Gasteiger partial charge >= 0.3 is 23.8 Å². The molecule has 4 saturated carbocycles. The molecule has 0 aromatic heterocycles. The largest absolute Gasteiger partial charge is 0.468 e. The Morgan fingerprint density at radius 2 is 1.62 bits per heavy atom. The minimum absolute atomic E-state index is 0.141. The number of hydrogen-bond acceptors (Lipinski definition) is 7. The molecule has 4 aliphatic carbocycles. The number of carbonyl (C=O) groups excluding carboxylic acids is 4. The fourth-order valence-electron chi connectivity index (χ4n) is 6.99. The highest BCUT2D eigenvalue weighted by Crippen LogP contribution is 2.58. The fourth-order valence-corrected chi connectivity index (χ4v) is 6.99. The van der Waals surface area contributed by atoms with E-state index < -0.39 is 41.5 Å². The van der Waals surface area contributed by atoms with Crippen molar-refractivity contribution in [2.24, 2.45) is 17.8 Å². The number of methoxy groups -OCH3 is 1. The van der Waals surface area contributed by atoms with E-state index in [9.17, 15) is 24.3 Å². The summed E-state index contributed by atoms with van der Waals surface area (Å²) in [4.78, 5) is 54.7. The minimum Gasteiger partial charge on any atom is -0.468 e. The van der Waals surface area contributed by atoms with Crippen LogP contribution in [0.25, 0.3) is 0 Å². The molecule has 1 N–H and O–H groups in total. The normalized spacial score (nSPS) is 41.7. The summed E-state index contributed by atoms with van der Waals surface area (Å²) >= 11 is 0. The first-order valence-electron chi connectivity index (χ1n) is 10.5. The minimum atomic E-state index is -0.837. The van der Waals surface area contributed by atoms with Crippen LogP contribution in [0.4, 0.5) is 4.79 Å². The summed E-state index contributed by atoms with van der Waals surface area (Å²) in [6.07, 6.45) is 5.32. The number of ether oxygens (including phenoxy) is 1. The van der Waals surface area contributed by atoms with Crippen LogP contribution in [0.3, 0.4) is 0 Å². The van der Waals surface area contributed by atoms with Gasteiger partial charge < -0.3 is 9.84 Å². The molecule has 6 rings (SSSR count). The van der Waals surface area contributed by atoms with Crippen LogP contribution < -0.4 is 0 Å². The zero-order valence-electron chi connectivity index (χ0n) is 16.6. The third kappa shape index (κ3) is 2.81. The molecular formula is C20H27N3O6. The van der Waals surface area contributed by atoms with Crippen LogP contribution in [0.1, 0.15) is 44.9 Å². The predicted octanol–water partition coefficient (Wildman–Crippen LogP) is 0.312. The summed E-state index contributed by atoms with van der Waals surface area (Å²) < 4.78 is 4.78. The second-order valence-corrected chi connectivity index (χ2v) is 9.64. The molecule has 6 aliphatic rings. The lowest BCUT2D eigenvalue weighted by atomic mass is 9.52. The van der Waals surface area contributed by atoms with Crippen molar-refractivity contribution in [2.45, 2.75) is 62.6 Å². The lowest BCUT2D eigenvalue weighted by Crippen LogP contribution is -2.62. The van der Waals surface area contributed by atoms with E-state index >= 15 is 0 Å². The average Bonchev–Trinajstić information content (AvgIpc) is 3.13. The van der Waals surface area contributed by atoms with Gasteiger partial charge in [-0.25, -0.2) is 14.6 Å². The number of urea groups is 1. The Morgan fingerprint density at radius 1 is 1.03 bits per heavy atom. The second-order valence-electron chi connectivity index (χ2n) is 9.64. The van der Waals surface area contributed by atoms with Gasteiger partial charge in [0, 0.05) is 13.0 Å². The van der Waals surface area contributed by atoms with Gasteiger partial charge in [-0.3, -0.25) is 19.3 Å². The molecule has 4 bridgehead atoms. The van der Waals surface area contributed by atoms with Gasteiger partial charge in [0.05, 0.1) is 25.4 Å². The molecule has 2 heterocycles. The van der Waals surface area contributed by atoms with Crippen LogP contribution >= 0.6 is 0 Å². The monoisotopic (exact) mass is 405 g/mol. The first-order chi connectivity index (χ1) is 13.8. The SMILES string of the molecule is COC(=O)[C@@H]1C[C@H](O)CN1CN1C(=O)C(=O)N(C23CC4CC(CC(C4)C2)C3)C1=O. The molecule has 0 unspecified atom stereocenters. The van der Waals surface area contributed by atoms with Gasteiger partial charge in [0.25, 0.3) is 0 Å². The molecular weight excluding hydrogens is 378 g/mol. The molecule has 2 atom stereocenters. The standard InChI is InChI=1S/C20H27N3O6/c1-29-18(27)15-5-14(24)9-21(15)10-22-16(25)17(26)23(19(22)28)20-6-11-2-12(7-20)4-13(3-11)8-20/h11-15,24H,2-10H2,1H3/t11?,12?,13?,14-,15-,20?/m0/s1. The summed E-state index contributed by atoms with van der Waals surface area (Å²) in [5.41, 5.74) is -0.528. The Hall–Kier alpha value is -2.00.